The Morgan fingerprint density at radius 2 is 1.67 bits per heavy atom. The average molecular weight is 408 g/mol. The molecule has 9 nitrogen and oxygen atoms in total. The summed E-state index contributed by atoms with van der Waals surface area (Å²) in [6, 6.07) is 13.9. The van der Waals surface area contributed by atoms with Crippen molar-refractivity contribution in [3.05, 3.63) is 70.3 Å². The monoisotopic (exact) mass is 408 g/mol. The van der Waals surface area contributed by atoms with Crippen LogP contribution in [0.25, 0.3) is 11.3 Å². The van der Waals surface area contributed by atoms with Crippen LogP contribution in [0.4, 0.5) is 0 Å². The van der Waals surface area contributed by atoms with Gasteiger partial charge in [0.1, 0.15) is 11.4 Å². The molecule has 0 bridgehead atoms. The number of carbonyl (C=O) groups excluding carboxylic acids is 1. The number of nitrogens with zero attached hydrogens (tertiary/aromatic N) is 2. The van der Waals surface area contributed by atoms with Gasteiger partial charge in [0.05, 0.1) is 33.2 Å². The second-order valence-corrected chi connectivity index (χ2v) is 6.00. The van der Waals surface area contributed by atoms with Gasteiger partial charge in [-0.25, -0.2) is 10.2 Å². The number of nitrogens with one attached hydrogen (secondary N) is 2. The largest absolute Gasteiger partial charge is 0.496 e. The van der Waals surface area contributed by atoms with Crippen molar-refractivity contribution in [2.24, 2.45) is 5.10 Å². The molecule has 3 rings (SSSR count). The van der Waals surface area contributed by atoms with Crippen molar-refractivity contribution in [1.82, 2.24) is 15.4 Å². The number of H-pyrrole nitrogens is 1. The maximum atomic E-state index is 12.4. The fourth-order valence-corrected chi connectivity index (χ4v) is 2.71. The van der Waals surface area contributed by atoms with Crippen LogP contribution in [0.3, 0.4) is 0 Å². The summed E-state index contributed by atoms with van der Waals surface area (Å²) in [4.78, 5) is 30.6. The van der Waals surface area contributed by atoms with E-state index >= 15 is 0 Å². The summed E-state index contributed by atoms with van der Waals surface area (Å²) in [5, 5.41) is 3.95. The fraction of sp³-hybridized carbons (Fsp3) is 0.143. The van der Waals surface area contributed by atoms with Crippen LogP contribution >= 0.6 is 0 Å². The first-order valence-corrected chi connectivity index (χ1v) is 8.86. The van der Waals surface area contributed by atoms with Gasteiger partial charge in [-0.05, 0) is 12.1 Å². The van der Waals surface area contributed by atoms with E-state index in [2.05, 4.69) is 20.5 Å². The van der Waals surface area contributed by atoms with Crippen LogP contribution in [0.15, 0.2) is 58.4 Å². The Balaban J connectivity index is 1.82. The number of hydrazone groups is 1. The van der Waals surface area contributed by atoms with E-state index in [4.69, 9.17) is 14.2 Å². The summed E-state index contributed by atoms with van der Waals surface area (Å²) in [5.41, 5.74) is 3.44. The molecule has 1 amide bonds. The number of hydrogen-bond donors (Lipinski definition) is 2. The summed E-state index contributed by atoms with van der Waals surface area (Å²) in [6.45, 7) is 0. The van der Waals surface area contributed by atoms with Gasteiger partial charge in [0, 0.05) is 17.2 Å². The lowest BCUT2D eigenvalue weighted by Gasteiger charge is -2.11. The van der Waals surface area contributed by atoms with Crippen LogP contribution in [0.2, 0.25) is 0 Å². The number of ether oxygens (including phenoxy) is 3. The van der Waals surface area contributed by atoms with Crippen molar-refractivity contribution in [1.29, 1.82) is 0 Å². The molecule has 154 valence electrons. The molecule has 0 aliphatic carbocycles. The highest BCUT2D eigenvalue weighted by molar-refractivity contribution is 5.94. The highest BCUT2D eigenvalue weighted by Crippen LogP contribution is 2.33. The third-order valence-electron chi connectivity index (χ3n) is 4.16. The first-order valence-electron chi connectivity index (χ1n) is 8.86. The van der Waals surface area contributed by atoms with Crippen molar-refractivity contribution >= 4 is 12.1 Å². The number of methoxy groups -OCH3 is 3. The van der Waals surface area contributed by atoms with Gasteiger partial charge in [0.2, 0.25) is 0 Å². The number of aromatic amines is 1. The van der Waals surface area contributed by atoms with Gasteiger partial charge < -0.3 is 19.2 Å². The molecular weight excluding hydrogens is 388 g/mol. The predicted octanol–water partition coefficient (Wildman–Crippen LogP) is 2.23. The summed E-state index contributed by atoms with van der Waals surface area (Å²) in [5.74, 6) is 0.868. The number of benzene rings is 2. The molecule has 3 aromatic rings. The van der Waals surface area contributed by atoms with Gasteiger partial charge in [0.15, 0.2) is 11.5 Å². The number of aromatic nitrogens is 2. The molecule has 0 saturated heterocycles. The van der Waals surface area contributed by atoms with E-state index in [1.807, 2.05) is 18.2 Å². The van der Waals surface area contributed by atoms with Crippen molar-refractivity contribution in [3.8, 4) is 28.5 Å². The third-order valence-corrected chi connectivity index (χ3v) is 4.16. The molecule has 1 heterocycles. The van der Waals surface area contributed by atoms with E-state index in [0.29, 0.717) is 28.5 Å². The minimum Gasteiger partial charge on any atom is -0.496 e. The predicted molar refractivity (Wildman–Crippen MR) is 111 cm³/mol. The molecular formula is C21H20N4O5. The van der Waals surface area contributed by atoms with E-state index in [0.717, 1.165) is 5.56 Å². The van der Waals surface area contributed by atoms with Crippen LogP contribution in [0.1, 0.15) is 16.1 Å². The molecule has 0 aliphatic rings. The van der Waals surface area contributed by atoms with Crippen molar-refractivity contribution in [2.45, 2.75) is 0 Å². The molecule has 0 atom stereocenters. The maximum Gasteiger partial charge on any atom is 0.346 e. The zero-order chi connectivity index (χ0) is 21.5. The Labute approximate surface area is 172 Å². The van der Waals surface area contributed by atoms with Gasteiger partial charge in [-0.3, -0.25) is 4.79 Å². The number of hydrogen-bond acceptors (Lipinski definition) is 7. The second-order valence-electron chi connectivity index (χ2n) is 6.00. The highest BCUT2D eigenvalue weighted by Gasteiger charge is 2.12. The zero-order valence-corrected chi connectivity index (χ0v) is 16.6. The van der Waals surface area contributed by atoms with Crippen LogP contribution < -0.4 is 25.3 Å². The third kappa shape index (κ3) is 4.64. The molecule has 0 radical (unpaired) electrons. The summed E-state index contributed by atoms with van der Waals surface area (Å²) in [6.07, 6.45) is 1.40. The molecule has 0 aliphatic heterocycles. The van der Waals surface area contributed by atoms with Crippen LogP contribution in [-0.2, 0) is 0 Å². The quantitative estimate of drug-likeness (QED) is 0.458. The molecule has 2 aromatic carbocycles. The Bertz CT molecular complexity index is 1130. The maximum absolute atomic E-state index is 12.4. The van der Waals surface area contributed by atoms with E-state index in [9.17, 15) is 9.59 Å². The fourth-order valence-electron chi connectivity index (χ4n) is 2.71. The van der Waals surface area contributed by atoms with Crippen LogP contribution in [0, 0.1) is 0 Å². The topological polar surface area (TPSA) is 115 Å². The molecule has 0 saturated carbocycles. The van der Waals surface area contributed by atoms with E-state index in [1.54, 1.807) is 24.3 Å². The van der Waals surface area contributed by atoms with Gasteiger partial charge in [-0.15, -0.1) is 0 Å². The van der Waals surface area contributed by atoms with Gasteiger partial charge in [-0.2, -0.15) is 10.1 Å². The van der Waals surface area contributed by atoms with Crippen LogP contribution in [-0.4, -0.2) is 43.4 Å². The van der Waals surface area contributed by atoms with Crippen molar-refractivity contribution < 1.29 is 19.0 Å². The molecule has 2 N–H and O–H groups in total. The average Bonchev–Trinajstić information content (AvgIpc) is 2.78. The number of rotatable bonds is 7. The van der Waals surface area contributed by atoms with Gasteiger partial charge in [-0.1, -0.05) is 30.3 Å². The van der Waals surface area contributed by atoms with E-state index in [1.165, 1.54) is 33.6 Å². The first-order chi connectivity index (χ1) is 14.5. The number of carbonyl (C=O) groups is 1. The minimum atomic E-state index is -0.632. The van der Waals surface area contributed by atoms with Gasteiger partial charge in [0.25, 0.3) is 5.91 Å². The Morgan fingerprint density at radius 3 is 2.33 bits per heavy atom. The lowest BCUT2D eigenvalue weighted by Crippen LogP contribution is -2.24. The molecule has 9 heteroatoms. The zero-order valence-electron chi connectivity index (χ0n) is 16.6. The molecule has 0 spiro atoms. The Hall–Kier alpha value is -4.14. The lowest BCUT2D eigenvalue weighted by molar-refractivity contribution is 0.0949. The van der Waals surface area contributed by atoms with Crippen molar-refractivity contribution in [3.63, 3.8) is 0 Å². The highest BCUT2D eigenvalue weighted by atomic mass is 16.5. The smallest absolute Gasteiger partial charge is 0.346 e. The molecule has 0 fully saturated rings. The SMILES string of the molecule is COc1cc(OC)c(OC)cc1/C=N/NC(=O)c1cc(-c2ccccc2)nc(=O)[nH]1. The van der Waals surface area contributed by atoms with E-state index in [-0.39, 0.29) is 5.69 Å². The standard InChI is InChI=1S/C21H20N4O5/c1-28-17-11-19(30-3)18(29-2)9-14(17)12-22-25-20(26)16-10-15(23-21(27)24-16)13-7-5-4-6-8-13/h4-12H,1-3H3,(H,25,26)(H,23,24,27)/b22-12+. The number of amides is 1. The summed E-state index contributed by atoms with van der Waals surface area (Å²) >= 11 is 0. The minimum absolute atomic E-state index is 0.0327. The molecule has 30 heavy (non-hydrogen) atoms. The summed E-state index contributed by atoms with van der Waals surface area (Å²) < 4.78 is 15.8. The van der Waals surface area contributed by atoms with Crippen molar-refractivity contribution in [2.75, 3.05) is 21.3 Å². The van der Waals surface area contributed by atoms with Gasteiger partial charge >= 0.3 is 5.69 Å². The first kappa shape index (κ1) is 20.6. The van der Waals surface area contributed by atoms with E-state index < -0.39 is 11.6 Å². The van der Waals surface area contributed by atoms with Crippen LogP contribution in [0.5, 0.6) is 17.2 Å². The molecule has 1 aromatic heterocycles. The second kappa shape index (κ2) is 9.37. The lowest BCUT2D eigenvalue weighted by atomic mass is 10.1. The Kier molecular flexibility index (Phi) is 6.43. The molecule has 0 unspecified atom stereocenters. The Morgan fingerprint density at radius 1 is 1.00 bits per heavy atom. The normalized spacial score (nSPS) is 10.6. The summed E-state index contributed by atoms with van der Waals surface area (Å²) in [7, 11) is 4.53.